The van der Waals surface area contributed by atoms with Gasteiger partial charge in [-0.1, -0.05) is 23.4 Å². The topological polar surface area (TPSA) is 18.5 Å². The number of benzene rings is 3. The fourth-order valence-electron chi connectivity index (χ4n) is 2.77. The molecular formula is C23H11ClF8O2. The van der Waals surface area contributed by atoms with Crippen LogP contribution < -0.4 is 9.47 Å². The third-order valence-corrected chi connectivity index (χ3v) is 4.49. The fraction of sp³-hybridized carbons (Fsp3) is 0.130. The molecule has 0 heterocycles. The Morgan fingerprint density at radius 1 is 0.765 bits per heavy atom. The zero-order chi connectivity index (χ0) is 25.2. The van der Waals surface area contributed by atoms with Gasteiger partial charge in [-0.2, -0.15) is 8.78 Å². The van der Waals surface area contributed by atoms with E-state index in [1.165, 1.54) is 6.07 Å². The van der Waals surface area contributed by atoms with Crippen molar-refractivity contribution < 1.29 is 44.6 Å². The molecule has 0 saturated heterocycles. The summed E-state index contributed by atoms with van der Waals surface area (Å²) in [5.74, 6) is -6.82. The highest BCUT2D eigenvalue weighted by Crippen LogP contribution is 2.36. The van der Waals surface area contributed by atoms with Crippen molar-refractivity contribution in [3.8, 4) is 23.3 Å². The summed E-state index contributed by atoms with van der Waals surface area (Å²) in [5, 5.41) is -0.160. The van der Waals surface area contributed by atoms with E-state index in [0.717, 1.165) is 6.07 Å². The molecule has 0 saturated carbocycles. The van der Waals surface area contributed by atoms with Crippen molar-refractivity contribution in [2.45, 2.75) is 13.0 Å². The molecule has 2 nitrogen and oxygen atoms in total. The van der Waals surface area contributed by atoms with Gasteiger partial charge in [0.1, 0.15) is 34.5 Å². The van der Waals surface area contributed by atoms with Gasteiger partial charge in [0.05, 0.1) is 17.2 Å². The van der Waals surface area contributed by atoms with E-state index < -0.39 is 57.9 Å². The SMILES string of the molecule is CCOc1cc(F)c(C#Cc2cc(F)c(C(F)(F)Oc3cc(F)c(F)c(F)c3)c(F)c2)c(Cl)c1. The van der Waals surface area contributed by atoms with Gasteiger partial charge >= 0.3 is 6.11 Å². The largest absolute Gasteiger partial charge is 0.494 e. The molecule has 0 unspecified atom stereocenters. The van der Waals surface area contributed by atoms with E-state index in [9.17, 15) is 35.1 Å². The van der Waals surface area contributed by atoms with E-state index in [4.69, 9.17) is 16.3 Å². The zero-order valence-electron chi connectivity index (χ0n) is 16.9. The maximum absolute atomic E-state index is 14.4. The molecule has 0 amide bonds. The number of rotatable bonds is 5. The average molecular weight is 507 g/mol. The van der Waals surface area contributed by atoms with Crippen LogP contribution in [0.25, 0.3) is 0 Å². The predicted octanol–water partition coefficient (Wildman–Crippen LogP) is 7.10. The number of ether oxygens (including phenoxy) is 2. The van der Waals surface area contributed by atoms with E-state index >= 15 is 0 Å². The van der Waals surface area contributed by atoms with Crippen molar-refractivity contribution in [1.29, 1.82) is 0 Å². The van der Waals surface area contributed by atoms with Crippen LogP contribution in [0.15, 0.2) is 36.4 Å². The lowest BCUT2D eigenvalue weighted by Crippen LogP contribution is -2.25. The Balaban J connectivity index is 1.93. The van der Waals surface area contributed by atoms with Crippen molar-refractivity contribution >= 4 is 11.6 Å². The van der Waals surface area contributed by atoms with Gasteiger partial charge in [-0.3, -0.25) is 0 Å². The molecular weight excluding hydrogens is 496 g/mol. The Labute approximate surface area is 192 Å². The molecule has 0 bridgehead atoms. The Bertz CT molecular complexity index is 1250. The molecule has 3 aromatic carbocycles. The molecule has 34 heavy (non-hydrogen) atoms. The van der Waals surface area contributed by atoms with Gasteiger partial charge in [-0.05, 0) is 19.1 Å². The minimum absolute atomic E-state index is 0.0804. The molecule has 0 spiro atoms. The highest BCUT2D eigenvalue weighted by molar-refractivity contribution is 6.31. The highest BCUT2D eigenvalue weighted by Gasteiger charge is 2.41. The minimum Gasteiger partial charge on any atom is -0.494 e. The Hall–Kier alpha value is -3.45. The molecule has 3 rings (SSSR count). The van der Waals surface area contributed by atoms with Crippen molar-refractivity contribution in [2.24, 2.45) is 0 Å². The molecule has 178 valence electrons. The summed E-state index contributed by atoms with van der Waals surface area (Å²) < 4.78 is 120. The number of alkyl halides is 2. The monoisotopic (exact) mass is 506 g/mol. The van der Waals surface area contributed by atoms with Gasteiger partial charge < -0.3 is 9.47 Å². The fourth-order valence-corrected chi connectivity index (χ4v) is 3.01. The van der Waals surface area contributed by atoms with E-state index in [1.54, 1.807) is 6.92 Å². The summed E-state index contributed by atoms with van der Waals surface area (Å²) in [7, 11) is 0. The zero-order valence-corrected chi connectivity index (χ0v) is 17.6. The van der Waals surface area contributed by atoms with Crippen LogP contribution in [0.3, 0.4) is 0 Å². The van der Waals surface area contributed by atoms with Gasteiger partial charge in [0.15, 0.2) is 17.5 Å². The standard InChI is InChI=1S/C23H11ClF8O2/c1-2-33-12-7-15(24)14(16(25)8-12)4-3-11-5-17(26)21(18(27)6-11)23(31,32)34-13-9-19(28)22(30)20(29)10-13/h5-10H,2H2,1H3. The second-order valence-corrected chi connectivity index (χ2v) is 6.99. The van der Waals surface area contributed by atoms with E-state index in [1.807, 2.05) is 0 Å². The van der Waals surface area contributed by atoms with Crippen LogP contribution in [0.1, 0.15) is 23.6 Å². The smallest absolute Gasteiger partial charge is 0.432 e. The van der Waals surface area contributed by atoms with Crippen LogP contribution in [0, 0.1) is 46.7 Å². The first kappa shape index (κ1) is 25.2. The predicted molar refractivity (Wildman–Crippen MR) is 106 cm³/mol. The van der Waals surface area contributed by atoms with Crippen molar-refractivity contribution in [3.05, 3.63) is 93.0 Å². The molecule has 0 aromatic heterocycles. The van der Waals surface area contributed by atoms with Gasteiger partial charge in [0.2, 0.25) is 0 Å². The van der Waals surface area contributed by atoms with E-state index in [-0.39, 0.29) is 35.1 Å². The number of hydrogen-bond donors (Lipinski definition) is 0. The highest BCUT2D eigenvalue weighted by atomic mass is 35.5. The summed E-state index contributed by atoms with van der Waals surface area (Å²) in [5.41, 5.74) is -2.68. The van der Waals surface area contributed by atoms with Gasteiger partial charge in [0.25, 0.3) is 0 Å². The van der Waals surface area contributed by atoms with Crippen LogP contribution in [-0.2, 0) is 6.11 Å². The Morgan fingerprint density at radius 2 is 1.32 bits per heavy atom. The van der Waals surface area contributed by atoms with Crippen molar-refractivity contribution in [2.75, 3.05) is 6.61 Å². The summed E-state index contributed by atoms with van der Waals surface area (Å²) in [6, 6.07) is 3.24. The van der Waals surface area contributed by atoms with Crippen LogP contribution in [0.2, 0.25) is 5.02 Å². The molecule has 0 radical (unpaired) electrons. The summed E-state index contributed by atoms with van der Waals surface area (Å²) >= 11 is 5.93. The lowest BCUT2D eigenvalue weighted by Gasteiger charge is -2.19. The van der Waals surface area contributed by atoms with E-state index in [2.05, 4.69) is 16.6 Å². The first-order chi connectivity index (χ1) is 15.9. The molecule has 0 atom stereocenters. The van der Waals surface area contributed by atoms with Crippen molar-refractivity contribution in [3.63, 3.8) is 0 Å². The maximum Gasteiger partial charge on any atom is 0.432 e. The molecule has 0 aliphatic heterocycles. The second kappa shape index (κ2) is 9.81. The van der Waals surface area contributed by atoms with Crippen LogP contribution in [0.5, 0.6) is 11.5 Å². The number of halogens is 9. The van der Waals surface area contributed by atoms with Crippen molar-refractivity contribution in [1.82, 2.24) is 0 Å². The molecule has 0 N–H and O–H groups in total. The quantitative estimate of drug-likeness (QED) is 0.209. The summed E-state index contributed by atoms with van der Waals surface area (Å²) in [4.78, 5) is 0. The average Bonchev–Trinajstić information content (AvgIpc) is 2.70. The summed E-state index contributed by atoms with van der Waals surface area (Å²) in [6.07, 6.45) is -4.75. The number of hydrogen-bond acceptors (Lipinski definition) is 2. The molecule has 0 aliphatic rings. The van der Waals surface area contributed by atoms with Gasteiger partial charge in [-0.25, -0.2) is 26.3 Å². The second-order valence-electron chi connectivity index (χ2n) is 6.58. The lowest BCUT2D eigenvalue weighted by molar-refractivity contribution is -0.189. The first-order valence-electron chi connectivity index (χ1n) is 9.27. The third kappa shape index (κ3) is 5.37. The summed E-state index contributed by atoms with van der Waals surface area (Å²) in [6.45, 7) is 1.90. The normalized spacial score (nSPS) is 11.1. The van der Waals surface area contributed by atoms with Crippen LogP contribution in [0.4, 0.5) is 35.1 Å². The van der Waals surface area contributed by atoms with Crippen LogP contribution >= 0.6 is 11.6 Å². The Kier molecular flexibility index (Phi) is 7.26. The van der Waals surface area contributed by atoms with E-state index in [0.29, 0.717) is 12.1 Å². The first-order valence-corrected chi connectivity index (χ1v) is 9.65. The molecule has 0 aliphatic carbocycles. The minimum atomic E-state index is -4.75. The Morgan fingerprint density at radius 3 is 1.85 bits per heavy atom. The molecule has 11 heteroatoms. The lowest BCUT2D eigenvalue weighted by atomic mass is 10.1. The molecule has 0 fully saturated rings. The third-order valence-electron chi connectivity index (χ3n) is 4.19. The van der Waals surface area contributed by atoms with Gasteiger partial charge in [-0.15, -0.1) is 0 Å². The van der Waals surface area contributed by atoms with Gasteiger partial charge in [0, 0.05) is 29.8 Å². The van der Waals surface area contributed by atoms with Crippen LogP contribution in [-0.4, -0.2) is 6.61 Å². The molecule has 3 aromatic rings. The maximum atomic E-state index is 14.4.